The van der Waals surface area contributed by atoms with Crippen LogP contribution in [0.1, 0.15) is 6.42 Å². The van der Waals surface area contributed by atoms with Gasteiger partial charge in [-0.3, -0.25) is 0 Å². The van der Waals surface area contributed by atoms with Gasteiger partial charge in [0.15, 0.2) is 5.76 Å². The second-order valence-electron chi connectivity index (χ2n) is 2.09. The fourth-order valence-corrected chi connectivity index (χ4v) is 1.04. The monoisotopic (exact) mass is 124 g/mol. The van der Waals surface area contributed by atoms with Crippen molar-refractivity contribution in [3.05, 3.63) is 23.7 Å². The molecular weight excluding hydrogens is 116 g/mol. The zero-order valence-corrected chi connectivity index (χ0v) is 5.09. The fourth-order valence-electron chi connectivity index (χ4n) is 1.04. The van der Waals surface area contributed by atoms with Crippen LogP contribution in [-0.4, -0.2) is 13.2 Å². The molecule has 0 aromatic carbocycles. The average molecular weight is 124 g/mol. The van der Waals surface area contributed by atoms with Crippen LogP contribution in [0, 0.1) is 0 Å². The molecule has 0 amide bonds. The van der Waals surface area contributed by atoms with Crippen molar-refractivity contribution >= 4 is 0 Å². The highest BCUT2D eigenvalue weighted by atomic mass is 16.6. The Hall–Kier alpha value is -0.920. The first-order chi connectivity index (χ1) is 4.47. The lowest BCUT2D eigenvalue weighted by molar-refractivity contribution is 0.0706. The Bertz CT molecular complexity index is 179. The van der Waals surface area contributed by atoms with Crippen LogP contribution in [0.25, 0.3) is 0 Å². The van der Waals surface area contributed by atoms with Gasteiger partial charge in [0.25, 0.3) is 0 Å². The first-order valence-electron chi connectivity index (χ1n) is 3.12. The average Bonchev–Trinajstić information content (AvgIpc) is 2.33. The van der Waals surface area contributed by atoms with Crippen molar-refractivity contribution in [2.45, 2.75) is 6.42 Å². The van der Waals surface area contributed by atoms with Gasteiger partial charge in [-0.1, -0.05) is 6.08 Å². The Morgan fingerprint density at radius 1 is 1.22 bits per heavy atom. The van der Waals surface area contributed by atoms with Gasteiger partial charge in [-0.2, -0.15) is 0 Å². The third kappa shape index (κ3) is 0.707. The first kappa shape index (κ1) is 4.91. The van der Waals surface area contributed by atoms with Crippen LogP contribution >= 0.6 is 0 Å². The van der Waals surface area contributed by atoms with E-state index in [1.54, 1.807) is 0 Å². The summed E-state index contributed by atoms with van der Waals surface area (Å²) < 4.78 is 10.6. The molecule has 0 radical (unpaired) electrons. The van der Waals surface area contributed by atoms with Crippen molar-refractivity contribution in [3.63, 3.8) is 0 Å². The molecule has 2 rings (SSSR count). The van der Waals surface area contributed by atoms with Crippen molar-refractivity contribution in [3.8, 4) is 0 Å². The van der Waals surface area contributed by atoms with E-state index in [9.17, 15) is 0 Å². The zero-order valence-electron chi connectivity index (χ0n) is 5.09. The second-order valence-corrected chi connectivity index (χ2v) is 2.09. The van der Waals surface area contributed by atoms with E-state index in [1.165, 1.54) is 0 Å². The molecule has 2 aliphatic rings. The van der Waals surface area contributed by atoms with Crippen LogP contribution in [0.2, 0.25) is 0 Å². The molecule has 0 N–H and O–H groups in total. The van der Waals surface area contributed by atoms with Crippen LogP contribution in [0.5, 0.6) is 0 Å². The lowest BCUT2D eigenvalue weighted by Gasteiger charge is -2.16. The third-order valence-electron chi connectivity index (χ3n) is 1.46. The summed E-state index contributed by atoms with van der Waals surface area (Å²) in [5.74, 6) is 1.93. The van der Waals surface area contributed by atoms with Gasteiger partial charge >= 0.3 is 0 Å². The predicted octanol–water partition coefficient (Wildman–Crippen LogP) is 1.20. The fraction of sp³-hybridized carbons (Fsp3) is 0.429. The summed E-state index contributed by atoms with van der Waals surface area (Å²) in [6.45, 7) is 1.41. The molecule has 48 valence electrons. The Morgan fingerprint density at radius 3 is 3.00 bits per heavy atom. The summed E-state index contributed by atoms with van der Waals surface area (Å²) in [6.07, 6.45) is 4.93. The summed E-state index contributed by atoms with van der Waals surface area (Å²) in [5, 5.41) is 0. The van der Waals surface area contributed by atoms with E-state index in [-0.39, 0.29) is 0 Å². The van der Waals surface area contributed by atoms with Gasteiger partial charge in [0.2, 0.25) is 0 Å². The number of allylic oxidation sites excluding steroid dienone is 2. The molecule has 1 aliphatic carbocycles. The van der Waals surface area contributed by atoms with Crippen molar-refractivity contribution in [1.82, 2.24) is 0 Å². The molecule has 0 aromatic rings. The highest BCUT2D eigenvalue weighted by molar-refractivity contribution is 5.26. The summed E-state index contributed by atoms with van der Waals surface area (Å²) in [4.78, 5) is 0. The minimum atomic E-state index is 0.698. The molecule has 0 aromatic heterocycles. The Morgan fingerprint density at radius 2 is 2.11 bits per heavy atom. The summed E-state index contributed by atoms with van der Waals surface area (Å²) in [5.41, 5.74) is 0. The normalized spacial score (nSPS) is 23.1. The van der Waals surface area contributed by atoms with Gasteiger partial charge in [-0.25, -0.2) is 0 Å². The van der Waals surface area contributed by atoms with Gasteiger partial charge in [-0.05, 0) is 6.08 Å². The van der Waals surface area contributed by atoms with Gasteiger partial charge in [0.1, 0.15) is 19.0 Å². The van der Waals surface area contributed by atoms with E-state index in [0.717, 1.165) is 17.9 Å². The van der Waals surface area contributed by atoms with Crippen LogP contribution in [0.15, 0.2) is 23.7 Å². The summed E-state index contributed by atoms with van der Waals surface area (Å²) >= 11 is 0. The Labute approximate surface area is 53.8 Å². The van der Waals surface area contributed by atoms with E-state index in [0.29, 0.717) is 13.2 Å². The van der Waals surface area contributed by atoms with Crippen LogP contribution in [0.3, 0.4) is 0 Å². The Balaban J connectivity index is 2.24. The SMILES string of the molecule is C1=CC2=C(C1)OCCO2. The van der Waals surface area contributed by atoms with E-state index in [4.69, 9.17) is 9.47 Å². The second kappa shape index (κ2) is 1.79. The number of hydrogen-bond donors (Lipinski definition) is 0. The van der Waals surface area contributed by atoms with Crippen molar-refractivity contribution in [1.29, 1.82) is 0 Å². The Kier molecular flexibility index (Phi) is 0.979. The lowest BCUT2D eigenvalue weighted by Crippen LogP contribution is -2.10. The van der Waals surface area contributed by atoms with Gasteiger partial charge in [0.05, 0.1) is 0 Å². The minimum Gasteiger partial charge on any atom is -0.490 e. The maximum Gasteiger partial charge on any atom is 0.157 e. The molecule has 9 heavy (non-hydrogen) atoms. The topological polar surface area (TPSA) is 18.5 Å². The molecule has 0 spiro atoms. The largest absolute Gasteiger partial charge is 0.490 e. The number of rotatable bonds is 0. The van der Waals surface area contributed by atoms with E-state index >= 15 is 0 Å². The summed E-state index contributed by atoms with van der Waals surface area (Å²) in [7, 11) is 0. The highest BCUT2D eigenvalue weighted by Crippen LogP contribution is 2.23. The molecular formula is C7H8O2. The van der Waals surface area contributed by atoms with Gasteiger partial charge in [-0.15, -0.1) is 0 Å². The zero-order chi connectivity index (χ0) is 6.10. The highest BCUT2D eigenvalue weighted by Gasteiger charge is 2.15. The molecule has 2 heteroatoms. The smallest absolute Gasteiger partial charge is 0.157 e. The first-order valence-corrected chi connectivity index (χ1v) is 3.12. The quantitative estimate of drug-likeness (QED) is 0.483. The predicted molar refractivity (Wildman–Crippen MR) is 32.7 cm³/mol. The van der Waals surface area contributed by atoms with Crippen LogP contribution in [0.4, 0.5) is 0 Å². The van der Waals surface area contributed by atoms with Crippen molar-refractivity contribution < 1.29 is 9.47 Å². The van der Waals surface area contributed by atoms with Crippen LogP contribution in [-0.2, 0) is 9.47 Å². The summed E-state index contributed by atoms with van der Waals surface area (Å²) in [6, 6.07) is 0. The molecule has 0 unspecified atom stereocenters. The number of ether oxygens (including phenoxy) is 2. The molecule has 0 atom stereocenters. The maximum atomic E-state index is 5.29. The van der Waals surface area contributed by atoms with E-state index in [1.807, 2.05) is 6.08 Å². The molecule has 0 saturated heterocycles. The lowest BCUT2D eigenvalue weighted by atomic mass is 10.4. The maximum absolute atomic E-state index is 5.29. The molecule has 0 saturated carbocycles. The van der Waals surface area contributed by atoms with Crippen LogP contribution < -0.4 is 0 Å². The standard InChI is InChI=1S/C7H8O2/c1-2-6-7(3-1)9-5-4-8-6/h1-2H,3-5H2. The molecule has 2 nitrogen and oxygen atoms in total. The molecule has 1 aliphatic heterocycles. The molecule has 0 bridgehead atoms. The van der Waals surface area contributed by atoms with E-state index < -0.39 is 0 Å². The van der Waals surface area contributed by atoms with Crippen molar-refractivity contribution in [2.24, 2.45) is 0 Å². The van der Waals surface area contributed by atoms with Gasteiger partial charge < -0.3 is 9.47 Å². The van der Waals surface area contributed by atoms with Gasteiger partial charge in [0, 0.05) is 6.42 Å². The van der Waals surface area contributed by atoms with Crippen molar-refractivity contribution in [2.75, 3.05) is 13.2 Å². The molecule has 1 heterocycles. The molecule has 0 fully saturated rings. The third-order valence-corrected chi connectivity index (χ3v) is 1.46. The number of hydrogen-bond acceptors (Lipinski definition) is 2. The minimum absolute atomic E-state index is 0.698. The van der Waals surface area contributed by atoms with E-state index in [2.05, 4.69) is 6.08 Å².